The van der Waals surface area contributed by atoms with E-state index in [2.05, 4.69) is 5.32 Å². The van der Waals surface area contributed by atoms with Crippen LogP contribution in [-0.2, 0) is 23.7 Å². The average Bonchev–Trinajstić information content (AvgIpc) is 2.69. The van der Waals surface area contributed by atoms with Crippen molar-refractivity contribution in [3.8, 4) is 5.75 Å². The van der Waals surface area contributed by atoms with Gasteiger partial charge in [0.2, 0.25) is 5.91 Å². The molecule has 162 valence electrons. The first kappa shape index (κ1) is 23.0. The number of amides is 2. The number of halogens is 6. The fourth-order valence-corrected chi connectivity index (χ4v) is 2.36. The number of carbonyl (C=O) groups excluding carboxylic acids is 2. The van der Waals surface area contributed by atoms with E-state index < -0.39 is 47.4 Å². The summed E-state index contributed by atoms with van der Waals surface area (Å²) in [6.07, 6.45) is -10.2. The highest BCUT2D eigenvalue weighted by Crippen LogP contribution is 2.36. The Morgan fingerprint density at radius 1 is 0.867 bits per heavy atom. The van der Waals surface area contributed by atoms with Crippen molar-refractivity contribution in [2.24, 2.45) is 0 Å². The van der Waals surface area contributed by atoms with Gasteiger partial charge in [-0.25, -0.2) is 0 Å². The molecule has 0 saturated heterocycles. The van der Waals surface area contributed by atoms with Crippen molar-refractivity contribution in [1.82, 2.24) is 10.6 Å². The third kappa shape index (κ3) is 6.39. The molecule has 0 heterocycles. The second-order valence-electron chi connectivity index (χ2n) is 6.10. The normalized spacial score (nSPS) is 11.7. The molecule has 2 amide bonds. The first-order chi connectivity index (χ1) is 13.9. The lowest BCUT2D eigenvalue weighted by Gasteiger charge is -2.14. The molecule has 0 aromatic heterocycles. The van der Waals surface area contributed by atoms with Crippen LogP contribution in [0.3, 0.4) is 0 Å². The maximum absolute atomic E-state index is 12.9. The van der Waals surface area contributed by atoms with E-state index in [1.54, 1.807) is 24.3 Å². The molecule has 2 rings (SSSR count). The van der Waals surface area contributed by atoms with Crippen molar-refractivity contribution in [2.45, 2.75) is 18.9 Å². The third-order valence-electron chi connectivity index (χ3n) is 3.91. The van der Waals surface area contributed by atoms with Gasteiger partial charge in [-0.05, 0) is 35.9 Å². The van der Waals surface area contributed by atoms with E-state index in [4.69, 9.17) is 4.74 Å². The summed E-state index contributed by atoms with van der Waals surface area (Å²) < 4.78 is 82.1. The van der Waals surface area contributed by atoms with Gasteiger partial charge in [0.1, 0.15) is 5.75 Å². The van der Waals surface area contributed by atoms with E-state index in [1.165, 1.54) is 7.11 Å². The Labute approximate surface area is 167 Å². The van der Waals surface area contributed by atoms with E-state index in [0.717, 1.165) is 0 Å². The van der Waals surface area contributed by atoms with Crippen LogP contribution in [0.4, 0.5) is 26.3 Å². The smallest absolute Gasteiger partial charge is 0.416 e. The molecule has 2 N–H and O–H groups in total. The third-order valence-corrected chi connectivity index (χ3v) is 3.91. The summed E-state index contributed by atoms with van der Waals surface area (Å²) in [7, 11) is 1.49. The molecule has 0 saturated carbocycles. The lowest BCUT2D eigenvalue weighted by molar-refractivity contribution is -0.143. The summed E-state index contributed by atoms with van der Waals surface area (Å²) in [6, 6.07) is 7.18. The van der Waals surface area contributed by atoms with Crippen molar-refractivity contribution < 1.29 is 40.7 Å². The lowest BCUT2D eigenvalue weighted by Crippen LogP contribution is -2.36. The van der Waals surface area contributed by atoms with Gasteiger partial charge in [-0.15, -0.1) is 0 Å². The van der Waals surface area contributed by atoms with Gasteiger partial charge in [-0.1, -0.05) is 12.1 Å². The van der Waals surface area contributed by atoms with Crippen LogP contribution < -0.4 is 15.4 Å². The number of alkyl halides is 6. The first-order valence-electron chi connectivity index (χ1n) is 8.37. The predicted octanol–water partition coefficient (Wildman–Crippen LogP) is 3.78. The summed E-state index contributed by atoms with van der Waals surface area (Å²) in [5.74, 6) is -1.31. The monoisotopic (exact) mass is 434 g/mol. The number of rotatable bonds is 6. The summed E-state index contributed by atoms with van der Waals surface area (Å²) in [4.78, 5) is 23.8. The van der Waals surface area contributed by atoms with Crippen LogP contribution in [0.1, 0.15) is 27.0 Å². The number of carbonyl (C=O) groups is 2. The summed E-state index contributed by atoms with van der Waals surface area (Å²) in [6.45, 7) is -0.535. The molecular formula is C19H16F6N2O3. The standard InChI is InChI=1S/C19H16F6N2O3/c1-30-15-4-2-11(3-5-15)9-26-16(28)10-27-17(29)12-6-13(18(20,21)22)8-14(7-12)19(23,24)25/h2-8H,9-10H2,1H3,(H,26,28)(H,27,29). The second kappa shape index (κ2) is 9.06. The molecule has 0 atom stereocenters. The van der Waals surface area contributed by atoms with Gasteiger partial charge in [0.25, 0.3) is 5.91 Å². The molecule has 0 spiro atoms. The Morgan fingerprint density at radius 3 is 1.87 bits per heavy atom. The van der Waals surface area contributed by atoms with Gasteiger partial charge in [0.05, 0.1) is 24.8 Å². The van der Waals surface area contributed by atoms with Gasteiger partial charge in [0, 0.05) is 12.1 Å². The SMILES string of the molecule is COc1ccc(CNC(=O)CNC(=O)c2cc(C(F)(F)F)cc(C(F)(F)F)c2)cc1. The summed E-state index contributed by atoms with van der Waals surface area (Å²) in [5.41, 5.74) is -3.39. The van der Waals surface area contributed by atoms with Crippen molar-refractivity contribution >= 4 is 11.8 Å². The Kier molecular flexibility index (Phi) is 6.96. The van der Waals surface area contributed by atoms with E-state index in [0.29, 0.717) is 23.4 Å². The predicted molar refractivity (Wildman–Crippen MR) is 93.6 cm³/mol. The number of ether oxygens (including phenoxy) is 1. The fraction of sp³-hybridized carbons (Fsp3) is 0.263. The molecule has 0 aliphatic carbocycles. The Bertz CT molecular complexity index is 876. The van der Waals surface area contributed by atoms with Crippen molar-refractivity contribution in [3.05, 3.63) is 64.7 Å². The number of hydrogen-bond donors (Lipinski definition) is 2. The minimum Gasteiger partial charge on any atom is -0.497 e. The van der Waals surface area contributed by atoms with E-state index in [9.17, 15) is 35.9 Å². The molecule has 2 aromatic rings. The minimum absolute atomic E-state index is 0.0850. The fourth-order valence-electron chi connectivity index (χ4n) is 2.36. The molecular weight excluding hydrogens is 418 g/mol. The number of hydrogen-bond acceptors (Lipinski definition) is 3. The zero-order valence-electron chi connectivity index (χ0n) is 15.4. The van der Waals surface area contributed by atoms with E-state index >= 15 is 0 Å². The summed E-state index contributed by atoms with van der Waals surface area (Å²) in [5, 5.41) is 4.46. The Hall–Kier alpha value is -3.24. The van der Waals surface area contributed by atoms with Crippen LogP contribution in [0.15, 0.2) is 42.5 Å². The zero-order valence-corrected chi connectivity index (χ0v) is 15.4. The van der Waals surface area contributed by atoms with Gasteiger partial charge < -0.3 is 15.4 Å². The highest BCUT2D eigenvalue weighted by Gasteiger charge is 2.37. The molecule has 5 nitrogen and oxygen atoms in total. The Balaban J connectivity index is 2.01. The lowest BCUT2D eigenvalue weighted by atomic mass is 10.0. The van der Waals surface area contributed by atoms with Gasteiger partial charge >= 0.3 is 12.4 Å². The maximum atomic E-state index is 12.9. The minimum atomic E-state index is -5.08. The van der Waals surface area contributed by atoms with E-state index in [1.807, 2.05) is 5.32 Å². The molecule has 0 aliphatic heterocycles. The van der Waals surface area contributed by atoms with Crippen molar-refractivity contribution in [1.29, 1.82) is 0 Å². The molecule has 0 radical (unpaired) electrons. The molecule has 0 bridgehead atoms. The van der Waals surface area contributed by atoms with Crippen LogP contribution in [0.25, 0.3) is 0 Å². The molecule has 0 fully saturated rings. The Morgan fingerprint density at radius 2 is 1.40 bits per heavy atom. The van der Waals surface area contributed by atoms with Gasteiger partial charge in [0.15, 0.2) is 0 Å². The second-order valence-corrected chi connectivity index (χ2v) is 6.10. The van der Waals surface area contributed by atoms with Crippen LogP contribution in [0.5, 0.6) is 5.75 Å². The van der Waals surface area contributed by atoms with Gasteiger partial charge in [-0.2, -0.15) is 26.3 Å². The zero-order chi connectivity index (χ0) is 22.5. The van der Waals surface area contributed by atoms with E-state index in [-0.39, 0.29) is 12.6 Å². The topological polar surface area (TPSA) is 67.4 Å². The number of benzene rings is 2. The summed E-state index contributed by atoms with van der Waals surface area (Å²) >= 11 is 0. The van der Waals surface area contributed by atoms with Crippen LogP contribution in [0.2, 0.25) is 0 Å². The number of nitrogens with one attached hydrogen (secondary N) is 2. The highest BCUT2D eigenvalue weighted by molar-refractivity contribution is 5.96. The molecule has 2 aromatic carbocycles. The van der Waals surface area contributed by atoms with Crippen LogP contribution in [-0.4, -0.2) is 25.5 Å². The van der Waals surface area contributed by atoms with Crippen molar-refractivity contribution in [3.63, 3.8) is 0 Å². The molecule has 0 unspecified atom stereocenters. The highest BCUT2D eigenvalue weighted by atomic mass is 19.4. The maximum Gasteiger partial charge on any atom is 0.416 e. The van der Waals surface area contributed by atoms with Crippen LogP contribution in [0, 0.1) is 0 Å². The quantitative estimate of drug-likeness (QED) is 0.681. The molecule has 30 heavy (non-hydrogen) atoms. The number of methoxy groups -OCH3 is 1. The molecule has 0 aliphatic rings. The molecule has 11 heteroatoms. The van der Waals surface area contributed by atoms with Crippen molar-refractivity contribution in [2.75, 3.05) is 13.7 Å². The first-order valence-corrected chi connectivity index (χ1v) is 8.37. The van der Waals surface area contributed by atoms with Crippen LogP contribution >= 0.6 is 0 Å². The van der Waals surface area contributed by atoms with Gasteiger partial charge in [-0.3, -0.25) is 9.59 Å². The largest absolute Gasteiger partial charge is 0.497 e. The average molecular weight is 434 g/mol.